The summed E-state index contributed by atoms with van der Waals surface area (Å²) in [5, 5.41) is 3.42. The van der Waals surface area contributed by atoms with Gasteiger partial charge in [0.15, 0.2) is 0 Å². The molecular formula is C15H18BrNS. The molecule has 2 aromatic rings. The standard InChI is InChI=1S/C15H18BrNS/c1-9-5-10(2)7-12(6-9)14(17-4)13-8-11(3)15(16)18-13/h5-8,14,17H,1-4H3. The van der Waals surface area contributed by atoms with Crippen LogP contribution in [0.4, 0.5) is 0 Å². The van der Waals surface area contributed by atoms with Gasteiger partial charge in [0.1, 0.15) is 0 Å². The summed E-state index contributed by atoms with van der Waals surface area (Å²) < 4.78 is 1.22. The molecule has 0 aliphatic carbocycles. The first-order valence-corrected chi connectivity index (χ1v) is 7.63. The molecule has 0 saturated heterocycles. The van der Waals surface area contributed by atoms with Crippen LogP contribution in [0.25, 0.3) is 0 Å². The third-order valence-electron chi connectivity index (χ3n) is 3.03. The van der Waals surface area contributed by atoms with Gasteiger partial charge in [-0.25, -0.2) is 0 Å². The Bertz CT molecular complexity index is 520. The van der Waals surface area contributed by atoms with Crippen molar-refractivity contribution in [2.45, 2.75) is 26.8 Å². The van der Waals surface area contributed by atoms with Crippen molar-refractivity contribution >= 4 is 27.3 Å². The minimum atomic E-state index is 0.276. The monoisotopic (exact) mass is 323 g/mol. The van der Waals surface area contributed by atoms with Crippen molar-refractivity contribution in [3.63, 3.8) is 0 Å². The van der Waals surface area contributed by atoms with Crippen molar-refractivity contribution in [2.75, 3.05) is 7.05 Å². The van der Waals surface area contributed by atoms with Gasteiger partial charge in [0.05, 0.1) is 9.83 Å². The third-order valence-corrected chi connectivity index (χ3v) is 5.23. The number of aryl methyl sites for hydroxylation is 3. The first-order chi connectivity index (χ1) is 8.51. The van der Waals surface area contributed by atoms with E-state index in [9.17, 15) is 0 Å². The van der Waals surface area contributed by atoms with Crippen LogP contribution in [0.1, 0.15) is 33.2 Å². The fourth-order valence-electron chi connectivity index (χ4n) is 2.28. The van der Waals surface area contributed by atoms with E-state index in [1.54, 1.807) is 0 Å². The lowest BCUT2D eigenvalue weighted by Gasteiger charge is -2.16. The highest BCUT2D eigenvalue weighted by Gasteiger charge is 2.16. The molecule has 0 bridgehead atoms. The first kappa shape index (κ1) is 13.8. The Kier molecular flexibility index (Phi) is 4.25. The van der Waals surface area contributed by atoms with Gasteiger partial charge in [-0.15, -0.1) is 11.3 Å². The summed E-state index contributed by atoms with van der Waals surface area (Å²) in [6, 6.07) is 9.27. The van der Waals surface area contributed by atoms with E-state index in [1.807, 2.05) is 18.4 Å². The van der Waals surface area contributed by atoms with Crippen LogP contribution in [-0.4, -0.2) is 7.05 Å². The van der Waals surface area contributed by atoms with E-state index >= 15 is 0 Å². The van der Waals surface area contributed by atoms with Crippen molar-refractivity contribution in [3.8, 4) is 0 Å². The molecule has 1 atom stereocenters. The van der Waals surface area contributed by atoms with Crippen LogP contribution in [0.15, 0.2) is 28.1 Å². The van der Waals surface area contributed by atoms with Crippen molar-refractivity contribution < 1.29 is 0 Å². The maximum atomic E-state index is 3.61. The predicted molar refractivity (Wildman–Crippen MR) is 83.6 cm³/mol. The Morgan fingerprint density at radius 3 is 2.11 bits per heavy atom. The molecule has 0 amide bonds. The lowest BCUT2D eigenvalue weighted by atomic mass is 10.00. The van der Waals surface area contributed by atoms with Gasteiger partial charge in [-0.3, -0.25) is 0 Å². The fourth-order valence-corrected chi connectivity index (χ4v) is 3.99. The largest absolute Gasteiger partial charge is 0.309 e. The van der Waals surface area contributed by atoms with E-state index in [0.717, 1.165) is 0 Å². The Hall–Kier alpha value is -0.640. The molecule has 18 heavy (non-hydrogen) atoms. The van der Waals surface area contributed by atoms with Crippen LogP contribution in [0.3, 0.4) is 0 Å². The molecule has 0 radical (unpaired) electrons. The van der Waals surface area contributed by atoms with Gasteiger partial charge in [-0.2, -0.15) is 0 Å². The highest BCUT2D eigenvalue weighted by atomic mass is 79.9. The van der Waals surface area contributed by atoms with E-state index < -0.39 is 0 Å². The van der Waals surface area contributed by atoms with Crippen molar-refractivity contribution in [1.29, 1.82) is 0 Å². The topological polar surface area (TPSA) is 12.0 Å². The summed E-state index contributed by atoms with van der Waals surface area (Å²) in [4.78, 5) is 1.35. The molecule has 1 nitrogen and oxygen atoms in total. The number of benzene rings is 1. The second kappa shape index (κ2) is 5.55. The minimum Gasteiger partial charge on any atom is -0.309 e. The average Bonchev–Trinajstić information content (AvgIpc) is 2.58. The maximum Gasteiger partial charge on any atom is 0.0731 e. The molecule has 0 aliphatic rings. The smallest absolute Gasteiger partial charge is 0.0731 e. The highest BCUT2D eigenvalue weighted by Crippen LogP contribution is 2.34. The van der Waals surface area contributed by atoms with Crippen molar-refractivity contribution in [3.05, 3.63) is 55.2 Å². The van der Waals surface area contributed by atoms with Crippen molar-refractivity contribution in [2.24, 2.45) is 0 Å². The second-order valence-electron chi connectivity index (χ2n) is 4.75. The van der Waals surface area contributed by atoms with Gasteiger partial charge < -0.3 is 5.32 Å². The zero-order valence-corrected chi connectivity index (χ0v) is 13.6. The summed E-state index contributed by atoms with van der Waals surface area (Å²) in [5.74, 6) is 0. The van der Waals surface area contributed by atoms with E-state index in [-0.39, 0.29) is 6.04 Å². The molecule has 2 rings (SSSR count). The molecular weight excluding hydrogens is 306 g/mol. The molecule has 0 fully saturated rings. The van der Waals surface area contributed by atoms with E-state index in [4.69, 9.17) is 0 Å². The van der Waals surface area contributed by atoms with Crippen LogP contribution in [0.5, 0.6) is 0 Å². The van der Waals surface area contributed by atoms with Crippen molar-refractivity contribution in [1.82, 2.24) is 5.32 Å². The number of hydrogen-bond acceptors (Lipinski definition) is 2. The van der Waals surface area contributed by atoms with Gasteiger partial charge >= 0.3 is 0 Å². The third kappa shape index (κ3) is 2.85. The fraction of sp³-hybridized carbons (Fsp3) is 0.333. The Balaban J connectivity index is 2.44. The van der Waals surface area contributed by atoms with Gasteiger partial charge in [-0.1, -0.05) is 29.3 Å². The van der Waals surface area contributed by atoms with Gasteiger partial charge in [0.25, 0.3) is 0 Å². The second-order valence-corrected chi connectivity index (χ2v) is 7.15. The number of rotatable bonds is 3. The van der Waals surface area contributed by atoms with Gasteiger partial charge in [0, 0.05) is 4.88 Å². The first-order valence-electron chi connectivity index (χ1n) is 6.02. The number of nitrogens with one attached hydrogen (secondary N) is 1. The van der Waals surface area contributed by atoms with Crippen LogP contribution in [0, 0.1) is 20.8 Å². The SMILES string of the molecule is CNC(c1cc(C)cc(C)c1)c1cc(C)c(Br)s1. The maximum absolute atomic E-state index is 3.61. The van der Waals surface area contributed by atoms with E-state index in [0.29, 0.717) is 0 Å². The molecule has 1 aromatic carbocycles. The molecule has 1 aromatic heterocycles. The molecule has 96 valence electrons. The van der Waals surface area contributed by atoms with Crippen LogP contribution in [-0.2, 0) is 0 Å². The normalized spacial score (nSPS) is 12.7. The summed E-state index contributed by atoms with van der Waals surface area (Å²) in [5.41, 5.74) is 5.28. The quantitative estimate of drug-likeness (QED) is 0.859. The summed E-state index contributed by atoms with van der Waals surface area (Å²) in [6.45, 7) is 6.44. The zero-order chi connectivity index (χ0) is 13.3. The molecule has 0 spiro atoms. The molecule has 1 unspecified atom stereocenters. The summed E-state index contributed by atoms with van der Waals surface area (Å²) >= 11 is 5.41. The number of thiophene rings is 1. The number of hydrogen-bond donors (Lipinski definition) is 1. The lowest BCUT2D eigenvalue weighted by molar-refractivity contribution is 0.702. The average molecular weight is 324 g/mol. The predicted octanol–water partition coefficient (Wildman–Crippen LogP) is 4.74. The number of halogens is 1. The summed E-state index contributed by atoms with van der Waals surface area (Å²) in [6.07, 6.45) is 0. The lowest BCUT2D eigenvalue weighted by Crippen LogP contribution is -2.16. The molecule has 0 saturated carbocycles. The summed E-state index contributed by atoms with van der Waals surface area (Å²) in [7, 11) is 2.02. The highest BCUT2D eigenvalue weighted by molar-refractivity contribution is 9.11. The van der Waals surface area contributed by atoms with E-state index in [2.05, 4.69) is 66.3 Å². The van der Waals surface area contributed by atoms with Crippen LogP contribution >= 0.6 is 27.3 Å². The minimum absolute atomic E-state index is 0.276. The van der Waals surface area contributed by atoms with Crippen LogP contribution in [0.2, 0.25) is 0 Å². The van der Waals surface area contributed by atoms with Gasteiger partial charge in [-0.05, 0) is 60.9 Å². The Morgan fingerprint density at radius 1 is 1.06 bits per heavy atom. The van der Waals surface area contributed by atoms with Crippen LogP contribution < -0.4 is 5.32 Å². The Labute approximate surface area is 121 Å². The molecule has 1 heterocycles. The van der Waals surface area contributed by atoms with E-state index in [1.165, 1.54) is 30.9 Å². The molecule has 1 N–H and O–H groups in total. The Morgan fingerprint density at radius 2 is 1.67 bits per heavy atom. The molecule has 0 aliphatic heterocycles. The molecule has 3 heteroatoms. The zero-order valence-electron chi connectivity index (χ0n) is 11.2. The van der Waals surface area contributed by atoms with Gasteiger partial charge in [0.2, 0.25) is 0 Å².